The third-order valence-corrected chi connectivity index (χ3v) is 6.64. The zero-order chi connectivity index (χ0) is 23.5. The highest BCUT2D eigenvalue weighted by atomic mass is 32.2. The van der Waals surface area contributed by atoms with Gasteiger partial charge in [0, 0.05) is 10.6 Å². The van der Waals surface area contributed by atoms with E-state index in [0.717, 1.165) is 27.3 Å². The van der Waals surface area contributed by atoms with Gasteiger partial charge in [0.2, 0.25) is 0 Å². The van der Waals surface area contributed by atoms with Crippen molar-refractivity contribution in [2.24, 2.45) is 0 Å². The SMILES string of the molecule is CCOc1ccc(N2C(=O)C(Nc3cccc(C)c3C)=C(Sc3ccc(C)cc3)C2=O)cc1. The molecule has 3 aromatic rings. The predicted octanol–water partition coefficient (Wildman–Crippen LogP) is 6.00. The van der Waals surface area contributed by atoms with Crippen LogP contribution >= 0.6 is 11.8 Å². The number of nitrogens with one attached hydrogen (secondary N) is 1. The largest absolute Gasteiger partial charge is 0.494 e. The van der Waals surface area contributed by atoms with Gasteiger partial charge in [-0.3, -0.25) is 9.59 Å². The Hall–Kier alpha value is -3.51. The average molecular weight is 459 g/mol. The predicted molar refractivity (Wildman–Crippen MR) is 134 cm³/mol. The number of carbonyl (C=O) groups excluding carboxylic acids is 2. The number of aryl methyl sites for hydroxylation is 2. The minimum Gasteiger partial charge on any atom is -0.494 e. The molecule has 0 bridgehead atoms. The molecule has 1 heterocycles. The van der Waals surface area contributed by atoms with E-state index in [0.29, 0.717) is 22.9 Å². The number of anilines is 2. The summed E-state index contributed by atoms with van der Waals surface area (Å²) in [6, 6.07) is 20.8. The second-order valence-electron chi connectivity index (χ2n) is 7.86. The first-order valence-electron chi connectivity index (χ1n) is 10.8. The standard InChI is InChI=1S/C27H26N2O3S/c1-5-32-21-13-11-20(12-14-21)29-26(30)24(28-23-8-6-7-18(3)19(23)4)25(27(29)31)33-22-15-9-17(2)10-16-22/h6-16,28H,5H2,1-4H3. The van der Waals surface area contributed by atoms with Gasteiger partial charge < -0.3 is 10.1 Å². The number of hydrogen-bond acceptors (Lipinski definition) is 5. The summed E-state index contributed by atoms with van der Waals surface area (Å²) in [7, 11) is 0. The van der Waals surface area contributed by atoms with Crippen LogP contribution in [0.25, 0.3) is 0 Å². The van der Waals surface area contributed by atoms with Crippen molar-refractivity contribution < 1.29 is 14.3 Å². The minimum absolute atomic E-state index is 0.285. The summed E-state index contributed by atoms with van der Waals surface area (Å²) in [5.74, 6) is -0.0292. The van der Waals surface area contributed by atoms with E-state index in [1.165, 1.54) is 16.7 Å². The molecule has 0 saturated carbocycles. The summed E-state index contributed by atoms with van der Waals surface area (Å²) < 4.78 is 5.50. The van der Waals surface area contributed by atoms with Gasteiger partial charge in [0.25, 0.3) is 11.8 Å². The van der Waals surface area contributed by atoms with Crippen LogP contribution in [0.4, 0.5) is 11.4 Å². The van der Waals surface area contributed by atoms with E-state index in [2.05, 4.69) is 5.32 Å². The first-order valence-corrected chi connectivity index (χ1v) is 11.6. The monoisotopic (exact) mass is 458 g/mol. The maximum absolute atomic E-state index is 13.5. The molecule has 168 valence electrons. The highest BCUT2D eigenvalue weighted by molar-refractivity contribution is 8.04. The van der Waals surface area contributed by atoms with Crippen molar-refractivity contribution in [3.05, 3.63) is 94.0 Å². The lowest BCUT2D eigenvalue weighted by Crippen LogP contribution is -2.32. The molecular formula is C27H26N2O3S. The fourth-order valence-corrected chi connectivity index (χ4v) is 4.48. The van der Waals surface area contributed by atoms with Crippen LogP contribution in [-0.4, -0.2) is 18.4 Å². The van der Waals surface area contributed by atoms with Crippen LogP contribution < -0.4 is 15.0 Å². The number of carbonyl (C=O) groups is 2. The van der Waals surface area contributed by atoms with Crippen molar-refractivity contribution in [3.63, 3.8) is 0 Å². The van der Waals surface area contributed by atoms with Crippen LogP contribution in [-0.2, 0) is 9.59 Å². The first kappa shape index (κ1) is 22.7. The van der Waals surface area contributed by atoms with Crippen molar-refractivity contribution in [3.8, 4) is 5.75 Å². The third-order valence-electron chi connectivity index (χ3n) is 5.55. The van der Waals surface area contributed by atoms with Crippen LogP contribution in [0.15, 0.2) is 82.2 Å². The molecule has 1 N–H and O–H groups in total. The lowest BCUT2D eigenvalue weighted by Gasteiger charge is -2.16. The highest BCUT2D eigenvalue weighted by Crippen LogP contribution is 2.38. The van der Waals surface area contributed by atoms with Crippen LogP contribution in [0, 0.1) is 20.8 Å². The van der Waals surface area contributed by atoms with Gasteiger partial charge in [-0.15, -0.1) is 0 Å². The van der Waals surface area contributed by atoms with Crippen LogP contribution in [0.3, 0.4) is 0 Å². The summed E-state index contributed by atoms with van der Waals surface area (Å²) in [5.41, 5.74) is 4.87. The van der Waals surface area contributed by atoms with Crippen molar-refractivity contribution >= 4 is 35.0 Å². The maximum atomic E-state index is 13.5. The Balaban J connectivity index is 1.73. The summed E-state index contributed by atoms with van der Waals surface area (Å²) in [4.78, 5) is 29.5. The summed E-state index contributed by atoms with van der Waals surface area (Å²) >= 11 is 1.30. The van der Waals surface area contributed by atoms with E-state index in [4.69, 9.17) is 4.74 Å². The molecule has 2 amide bonds. The van der Waals surface area contributed by atoms with Gasteiger partial charge in [0.05, 0.1) is 12.3 Å². The molecule has 0 fully saturated rings. The van der Waals surface area contributed by atoms with Crippen molar-refractivity contribution in [2.75, 3.05) is 16.8 Å². The van der Waals surface area contributed by atoms with E-state index >= 15 is 0 Å². The molecule has 6 heteroatoms. The Morgan fingerprint density at radius 2 is 1.58 bits per heavy atom. The Morgan fingerprint density at radius 3 is 2.24 bits per heavy atom. The number of ether oxygens (including phenoxy) is 1. The molecule has 4 rings (SSSR count). The number of thioether (sulfide) groups is 1. The van der Waals surface area contributed by atoms with Gasteiger partial charge in [0.1, 0.15) is 16.4 Å². The van der Waals surface area contributed by atoms with Gasteiger partial charge in [-0.1, -0.05) is 41.6 Å². The van der Waals surface area contributed by atoms with E-state index in [1.807, 2.05) is 70.2 Å². The van der Waals surface area contributed by atoms with Gasteiger partial charge in [-0.05, 0) is 81.3 Å². The number of imide groups is 1. The molecule has 0 saturated heterocycles. The smallest absolute Gasteiger partial charge is 0.283 e. The van der Waals surface area contributed by atoms with E-state index in [1.54, 1.807) is 24.3 Å². The molecule has 0 unspecified atom stereocenters. The van der Waals surface area contributed by atoms with Crippen LogP contribution in [0.2, 0.25) is 0 Å². The Morgan fingerprint density at radius 1 is 0.879 bits per heavy atom. The third kappa shape index (κ3) is 4.66. The van der Waals surface area contributed by atoms with Gasteiger partial charge >= 0.3 is 0 Å². The molecule has 0 atom stereocenters. The van der Waals surface area contributed by atoms with E-state index in [-0.39, 0.29) is 17.5 Å². The van der Waals surface area contributed by atoms with Gasteiger partial charge in [-0.25, -0.2) is 4.90 Å². The van der Waals surface area contributed by atoms with Crippen molar-refractivity contribution in [2.45, 2.75) is 32.6 Å². The lowest BCUT2D eigenvalue weighted by molar-refractivity contribution is -0.120. The minimum atomic E-state index is -0.375. The average Bonchev–Trinajstić information content (AvgIpc) is 3.03. The number of hydrogen-bond donors (Lipinski definition) is 1. The second-order valence-corrected chi connectivity index (χ2v) is 8.95. The molecular weight excluding hydrogens is 432 g/mol. The molecule has 0 spiro atoms. The number of amides is 2. The normalized spacial score (nSPS) is 13.6. The number of nitrogens with zero attached hydrogens (tertiary/aromatic N) is 1. The highest BCUT2D eigenvalue weighted by Gasteiger charge is 2.40. The molecule has 0 radical (unpaired) electrons. The second kappa shape index (κ2) is 9.55. The van der Waals surface area contributed by atoms with E-state index in [9.17, 15) is 9.59 Å². The lowest BCUT2D eigenvalue weighted by atomic mass is 10.1. The molecule has 1 aliphatic rings. The zero-order valence-electron chi connectivity index (χ0n) is 19.1. The molecule has 33 heavy (non-hydrogen) atoms. The summed E-state index contributed by atoms with van der Waals surface area (Å²) in [5, 5.41) is 3.27. The Kier molecular flexibility index (Phi) is 6.56. The number of benzene rings is 3. The molecule has 5 nitrogen and oxygen atoms in total. The van der Waals surface area contributed by atoms with Crippen molar-refractivity contribution in [1.82, 2.24) is 0 Å². The molecule has 1 aliphatic heterocycles. The van der Waals surface area contributed by atoms with Crippen LogP contribution in [0.5, 0.6) is 5.75 Å². The van der Waals surface area contributed by atoms with Crippen LogP contribution in [0.1, 0.15) is 23.6 Å². The molecule has 0 aromatic heterocycles. The fraction of sp³-hybridized carbons (Fsp3) is 0.185. The van der Waals surface area contributed by atoms with E-state index < -0.39 is 0 Å². The fourth-order valence-electron chi connectivity index (χ4n) is 3.55. The quantitative estimate of drug-likeness (QED) is 0.440. The summed E-state index contributed by atoms with van der Waals surface area (Å²) in [6.07, 6.45) is 0. The van der Waals surface area contributed by atoms with Gasteiger partial charge in [-0.2, -0.15) is 0 Å². The topological polar surface area (TPSA) is 58.6 Å². The summed E-state index contributed by atoms with van der Waals surface area (Å²) in [6.45, 7) is 8.48. The zero-order valence-corrected chi connectivity index (χ0v) is 20.0. The molecule has 3 aromatic carbocycles. The van der Waals surface area contributed by atoms with Crippen molar-refractivity contribution in [1.29, 1.82) is 0 Å². The maximum Gasteiger partial charge on any atom is 0.283 e. The molecule has 0 aliphatic carbocycles. The Bertz CT molecular complexity index is 1230. The van der Waals surface area contributed by atoms with Gasteiger partial charge in [0.15, 0.2) is 0 Å². The Labute approximate surface area is 198 Å². The number of rotatable bonds is 7. The first-order chi connectivity index (χ1) is 15.9.